The Bertz CT molecular complexity index is 815. The van der Waals surface area contributed by atoms with E-state index in [1.54, 1.807) is 11.3 Å². The summed E-state index contributed by atoms with van der Waals surface area (Å²) >= 11 is 3.15. The predicted octanol–water partition coefficient (Wildman–Crippen LogP) is 4.09. The van der Waals surface area contributed by atoms with Crippen LogP contribution in [0.1, 0.15) is 22.2 Å². The standard InChI is InChI=1S/C18H16N2O2S2/c21-18(14-12-24-17(19-14)16-7-4-10-23-16)20-8-9-22-15(11-20)13-5-2-1-3-6-13/h1-7,10,12,15H,8-9,11H2/t15-/m0/s1. The zero-order valence-corrected chi connectivity index (χ0v) is 14.6. The summed E-state index contributed by atoms with van der Waals surface area (Å²) in [7, 11) is 0. The molecule has 0 saturated carbocycles. The van der Waals surface area contributed by atoms with E-state index in [9.17, 15) is 4.79 Å². The molecule has 0 spiro atoms. The summed E-state index contributed by atoms with van der Waals surface area (Å²) in [6.07, 6.45) is -0.0701. The molecule has 0 unspecified atom stereocenters. The van der Waals surface area contributed by atoms with Crippen molar-refractivity contribution in [2.75, 3.05) is 19.7 Å². The summed E-state index contributed by atoms with van der Waals surface area (Å²) in [5.74, 6) is -0.0155. The van der Waals surface area contributed by atoms with Crippen LogP contribution >= 0.6 is 22.7 Å². The fraction of sp³-hybridized carbons (Fsp3) is 0.222. The van der Waals surface area contributed by atoms with E-state index in [-0.39, 0.29) is 12.0 Å². The number of thiophene rings is 1. The topological polar surface area (TPSA) is 42.4 Å². The largest absolute Gasteiger partial charge is 0.370 e. The van der Waals surface area contributed by atoms with Crippen LogP contribution in [0.25, 0.3) is 9.88 Å². The first kappa shape index (κ1) is 15.5. The summed E-state index contributed by atoms with van der Waals surface area (Å²) < 4.78 is 5.83. The number of aromatic nitrogens is 1. The number of rotatable bonds is 3. The number of carbonyl (C=O) groups excluding carboxylic acids is 1. The van der Waals surface area contributed by atoms with Gasteiger partial charge in [-0.3, -0.25) is 4.79 Å². The fourth-order valence-electron chi connectivity index (χ4n) is 2.75. The number of hydrogen-bond acceptors (Lipinski definition) is 5. The van der Waals surface area contributed by atoms with E-state index in [1.807, 2.05) is 58.1 Å². The number of ether oxygens (including phenoxy) is 1. The molecule has 4 nitrogen and oxygen atoms in total. The lowest BCUT2D eigenvalue weighted by Gasteiger charge is -2.32. The van der Waals surface area contributed by atoms with Crippen molar-refractivity contribution in [3.63, 3.8) is 0 Å². The van der Waals surface area contributed by atoms with Crippen LogP contribution < -0.4 is 0 Å². The number of thiazole rings is 1. The number of amides is 1. The van der Waals surface area contributed by atoms with Gasteiger partial charge >= 0.3 is 0 Å². The lowest BCUT2D eigenvalue weighted by atomic mass is 10.1. The van der Waals surface area contributed by atoms with Crippen LogP contribution in [0, 0.1) is 0 Å². The molecule has 122 valence electrons. The molecular weight excluding hydrogens is 340 g/mol. The molecule has 4 rings (SSSR count). The van der Waals surface area contributed by atoms with Crippen LogP contribution in [0.15, 0.2) is 53.2 Å². The van der Waals surface area contributed by atoms with Crippen LogP contribution in [-0.2, 0) is 4.74 Å². The maximum Gasteiger partial charge on any atom is 0.273 e. The van der Waals surface area contributed by atoms with Crippen LogP contribution in [0.5, 0.6) is 0 Å². The first-order valence-corrected chi connectivity index (χ1v) is 9.52. The minimum absolute atomic E-state index is 0.0155. The van der Waals surface area contributed by atoms with Crippen molar-refractivity contribution in [1.82, 2.24) is 9.88 Å². The van der Waals surface area contributed by atoms with E-state index < -0.39 is 0 Å². The van der Waals surface area contributed by atoms with Crippen LogP contribution in [0.4, 0.5) is 0 Å². The highest BCUT2D eigenvalue weighted by Gasteiger charge is 2.27. The second-order valence-corrected chi connectivity index (χ2v) is 7.34. The van der Waals surface area contributed by atoms with Gasteiger partial charge < -0.3 is 9.64 Å². The van der Waals surface area contributed by atoms with Crippen molar-refractivity contribution in [1.29, 1.82) is 0 Å². The molecule has 1 atom stereocenters. The van der Waals surface area contributed by atoms with Gasteiger partial charge in [0.1, 0.15) is 16.8 Å². The summed E-state index contributed by atoms with van der Waals surface area (Å²) in [4.78, 5) is 20.2. The number of benzene rings is 1. The number of hydrogen-bond donors (Lipinski definition) is 0. The third kappa shape index (κ3) is 3.13. The first-order valence-electron chi connectivity index (χ1n) is 7.76. The first-order chi connectivity index (χ1) is 11.8. The molecule has 1 saturated heterocycles. The highest BCUT2D eigenvalue weighted by Crippen LogP contribution is 2.29. The van der Waals surface area contributed by atoms with E-state index in [4.69, 9.17) is 4.74 Å². The minimum atomic E-state index is -0.0701. The molecule has 0 bridgehead atoms. The molecule has 6 heteroatoms. The zero-order valence-electron chi connectivity index (χ0n) is 12.9. The van der Waals surface area contributed by atoms with Gasteiger partial charge in [-0.15, -0.1) is 22.7 Å². The Labute approximate surface area is 148 Å². The average Bonchev–Trinajstić information content (AvgIpc) is 3.33. The third-order valence-electron chi connectivity index (χ3n) is 3.98. The number of nitrogens with zero attached hydrogens (tertiary/aromatic N) is 2. The van der Waals surface area contributed by atoms with Gasteiger partial charge in [0.15, 0.2) is 0 Å². The Hall–Kier alpha value is -2.02. The molecule has 3 aromatic rings. The van der Waals surface area contributed by atoms with Crippen molar-refractivity contribution < 1.29 is 9.53 Å². The molecule has 1 amide bonds. The Morgan fingerprint density at radius 1 is 1.17 bits per heavy atom. The maximum absolute atomic E-state index is 12.8. The molecule has 0 aliphatic carbocycles. The normalized spacial score (nSPS) is 17.8. The van der Waals surface area contributed by atoms with Gasteiger partial charge in [-0.05, 0) is 17.0 Å². The Kier molecular flexibility index (Phi) is 4.42. The van der Waals surface area contributed by atoms with Crippen molar-refractivity contribution in [3.05, 3.63) is 64.5 Å². The smallest absolute Gasteiger partial charge is 0.273 e. The minimum Gasteiger partial charge on any atom is -0.370 e. The third-order valence-corrected chi connectivity index (χ3v) is 5.86. The van der Waals surface area contributed by atoms with E-state index in [0.717, 1.165) is 15.4 Å². The summed E-state index contributed by atoms with van der Waals surface area (Å²) in [5.41, 5.74) is 1.63. The monoisotopic (exact) mass is 356 g/mol. The summed E-state index contributed by atoms with van der Waals surface area (Å²) in [6, 6.07) is 14.1. The number of morpholine rings is 1. The quantitative estimate of drug-likeness (QED) is 0.710. The Balaban J connectivity index is 1.50. The Morgan fingerprint density at radius 3 is 2.83 bits per heavy atom. The highest BCUT2D eigenvalue weighted by atomic mass is 32.1. The lowest BCUT2D eigenvalue weighted by Crippen LogP contribution is -2.42. The van der Waals surface area contributed by atoms with Gasteiger partial charge in [-0.1, -0.05) is 36.4 Å². The molecule has 1 aliphatic heterocycles. The molecule has 1 fully saturated rings. The molecular formula is C18H16N2O2S2. The predicted molar refractivity (Wildman–Crippen MR) is 96.5 cm³/mol. The van der Waals surface area contributed by atoms with Crippen molar-refractivity contribution >= 4 is 28.6 Å². The summed E-state index contributed by atoms with van der Waals surface area (Å²) in [5, 5.41) is 4.77. The highest BCUT2D eigenvalue weighted by molar-refractivity contribution is 7.20. The SMILES string of the molecule is O=C(c1csc(-c2cccs2)n1)N1CCO[C@H](c2ccccc2)C1. The van der Waals surface area contributed by atoms with E-state index in [1.165, 1.54) is 11.3 Å². The second-order valence-electron chi connectivity index (χ2n) is 5.54. The van der Waals surface area contributed by atoms with E-state index in [2.05, 4.69) is 4.98 Å². The van der Waals surface area contributed by atoms with Gasteiger partial charge in [0, 0.05) is 11.9 Å². The molecule has 0 N–H and O–H groups in total. The van der Waals surface area contributed by atoms with Gasteiger partial charge in [-0.25, -0.2) is 4.98 Å². The van der Waals surface area contributed by atoms with Gasteiger partial charge in [0.05, 0.1) is 18.0 Å². The van der Waals surface area contributed by atoms with Crippen LogP contribution in [-0.4, -0.2) is 35.5 Å². The molecule has 1 aromatic carbocycles. The van der Waals surface area contributed by atoms with Gasteiger partial charge in [0.2, 0.25) is 0 Å². The van der Waals surface area contributed by atoms with Crippen molar-refractivity contribution in [2.45, 2.75) is 6.10 Å². The van der Waals surface area contributed by atoms with Gasteiger partial charge in [-0.2, -0.15) is 0 Å². The van der Waals surface area contributed by atoms with Gasteiger partial charge in [0.25, 0.3) is 5.91 Å². The number of carbonyl (C=O) groups is 1. The molecule has 24 heavy (non-hydrogen) atoms. The van der Waals surface area contributed by atoms with Crippen LogP contribution in [0.3, 0.4) is 0 Å². The average molecular weight is 356 g/mol. The lowest BCUT2D eigenvalue weighted by molar-refractivity contribution is -0.0229. The maximum atomic E-state index is 12.8. The zero-order chi connectivity index (χ0) is 16.4. The van der Waals surface area contributed by atoms with Crippen molar-refractivity contribution in [3.8, 4) is 9.88 Å². The fourth-order valence-corrected chi connectivity index (χ4v) is 4.36. The summed E-state index contributed by atoms with van der Waals surface area (Å²) in [6.45, 7) is 1.72. The molecule has 1 aliphatic rings. The molecule has 2 aromatic heterocycles. The van der Waals surface area contributed by atoms with E-state index in [0.29, 0.717) is 25.4 Å². The second kappa shape index (κ2) is 6.84. The Morgan fingerprint density at radius 2 is 2.04 bits per heavy atom. The van der Waals surface area contributed by atoms with Crippen LogP contribution in [0.2, 0.25) is 0 Å². The molecule has 0 radical (unpaired) electrons. The molecule has 3 heterocycles. The van der Waals surface area contributed by atoms with Crippen molar-refractivity contribution in [2.24, 2.45) is 0 Å². The van der Waals surface area contributed by atoms with E-state index >= 15 is 0 Å².